The third-order valence-electron chi connectivity index (χ3n) is 3.06. The molecule has 2 unspecified atom stereocenters. The fourth-order valence-electron chi connectivity index (χ4n) is 1.95. The van der Waals surface area contributed by atoms with E-state index in [2.05, 4.69) is 11.9 Å². The highest BCUT2D eigenvalue weighted by atomic mass is 35.5. The van der Waals surface area contributed by atoms with Crippen LogP contribution in [-0.2, 0) is 12.6 Å². The van der Waals surface area contributed by atoms with Gasteiger partial charge in [0.1, 0.15) is 5.60 Å². The van der Waals surface area contributed by atoms with E-state index in [1.807, 2.05) is 19.2 Å². The number of aliphatic hydroxyl groups is 1. The first-order valence-corrected chi connectivity index (χ1v) is 5.50. The standard InChI is InChI=1S/C11H15ClN2O/c1-8-3-5-11(15,6-4-8)9-7-13-10(12)14(9)2/h3,5,7-8,15H,4,6H2,1-2H3. The van der Waals surface area contributed by atoms with E-state index in [-0.39, 0.29) is 0 Å². The molecule has 0 fully saturated rings. The molecule has 0 aliphatic heterocycles. The van der Waals surface area contributed by atoms with Crippen LogP contribution in [0.1, 0.15) is 25.5 Å². The Kier molecular flexibility index (Phi) is 2.61. The Balaban J connectivity index is 2.38. The summed E-state index contributed by atoms with van der Waals surface area (Å²) < 4.78 is 1.72. The lowest BCUT2D eigenvalue weighted by Crippen LogP contribution is -2.29. The highest BCUT2D eigenvalue weighted by molar-refractivity contribution is 6.28. The number of allylic oxidation sites excluding steroid dienone is 1. The van der Waals surface area contributed by atoms with Gasteiger partial charge in [-0.1, -0.05) is 19.1 Å². The molecule has 1 aliphatic carbocycles. The Morgan fingerprint density at radius 2 is 2.40 bits per heavy atom. The van der Waals surface area contributed by atoms with Gasteiger partial charge in [-0.05, 0) is 30.4 Å². The van der Waals surface area contributed by atoms with Crippen LogP contribution in [-0.4, -0.2) is 14.7 Å². The molecule has 0 saturated carbocycles. The molecule has 0 amide bonds. The van der Waals surface area contributed by atoms with Crippen molar-refractivity contribution in [3.8, 4) is 0 Å². The van der Waals surface area contributed by atoms with E-state index in [9.17, 15) is 5.11 Å². The van der Waals surface area contributed by atoms with Gasteiger partial charge in [0.2, 0.25) is 5.28 Å². The van der Waals surface area contributed by atoms with Crippen molar-refractivity contribution >= 4 is 11.6 Å². The van der Waals surface area contributed by atoms with Gasteiger partial charge < -0.3 is 9.67 Å². The number of aromatic nitrogens is 2. The molecule has 2 rings (SSSR count). The van der Waals surface area contributed by atoms with Gasteiger partial charge in [-0.2, -0.15) is 0 Å². The third-order valence-corrected chi connectivity index (χ3v) is 3.41. The largest absolute Gasteiger partial charge is 0.379 e. The van der Waals surface area contributed by atoms with Crippen molar-refractivity contribution in [1.29, 1.82) is 0 Å². The fraction of sp³-hybridized carbons (Fsp3) is 0.545. The molecule has 1 aromatic heterocycles. The maximum atomic E-state index is 10.4. The Morgan fingerprint density at radius 3 is 2.87 bits per heavy atom. The number of halogens is 1. The maximum absolute atomic E-state index is 10.4. The number of nitrogens with zero attached hydrogens (tertiary/aromatic N) is 2. The van der Waals surface area contributed by atoms with Crippen LogP contribution in [0.15, 0.2) is 18.3 Å². The Morgan fingerprint density at radius 1 is 1.67 bits per heavy atom. The predicted octanol–water partition coefficient (Wildman–Crippen LogP) is 2.25. The molecular weight excluding hydrogens is 212 g/mol. The van der Waals surface area contributed by atoms with E-state index in [0.29, 0.717) is 11.2 Å². The molecule has 82 valence electrons. The van der Waals surface area contributed by atoms with Crippen LogP contribution < -0.4 is 0 Å². The van der Waals surface area contributed by atoms with E-state index < -0.39 is 5.60 Å². The lowest BCUT2D eigenvalue weighted by Gasteiger charge is -2.29. The zero-order valence-electron chi connectivity index (χ0n) is 8.94. The van der Waals surface area contributed by atoms with Crippen LogP contribution in [0.3, 0.4) is 0 Å². The van der Waals surface area contributed by atoms with Gasteiger partial charge in [0.25, 0.3) is 0 Å². The van der Waals surface area contributed by atoms with Crippen molar-refractivity contribution in [2.45, 2.75) is 25.4 Å². The monoisotopic (exact) mass is 226 g/mol. The first-order valence-electron chi connectivity index (χ1n) is 5.12. The summed E-state index contributed by atoms with van der Waals surface area (Å²) in [5.74, 6) is 0.536. The molecule has 1 aromatic rings. The summed E-state index contributed by atoms with van der Waals surface area (Å²) in [4.78, 5) is 3.99. The molecule has 15 heavy (non-hydrogen) atoms. The molecule has 4 heteroatoms. The Hall–Kier alpha value is -0.800. The van der Waals surface area contributed by atoms with Gasteiger partial charge in [0.15, 0.2) is 0 Å². The first kappa shape index (κ1) is 10.7. The van der Waals surface area contributed by atoms with Gasteiger partial charge in [-0.15, -0.1) is 0 Å². The highest BCUT2D eigenvalue weighted by Gasteiger charge is 2.32. The molecular formula is C11H15ClN2O. The van der Waals surface area contributed by atoms with E-state index in [0.717, 1.165) is 18.5 Å². The number of imidazole rings is 1. The second-order valence-corrected chi connectivity index (χ2v) is 4.61. The van der Waals surface area contributed by atoms with Crippen molar-refractivity contribution in [3.63, 3.8) is 0 Å². The van der Waals surface area contributed by atoms with Crippen molar-refractivity contribution in [2.24, 2.45) is 13.0 Å². The smallest absolute Gasteiger partial charge is 0.202 e. The summed E-state index contributed by atoms with van der Waals surface area (Å²) in [6.45, 7) is 2.15. The van der Waals surface area contributed by atoms with Crippen molar-refractivity contribution in [3.05, 3.63) is 29.3 Å². The van der Waals surface area contributed by atoms with Crippen LogP contribution in [0.5, 0.6) is 0 Å². The minimum Gasteiger partial charge on any atom is -0.379 e. The van der Waals surface area contributed by atoms with Crippen molar-refractivity contribution in [2.75, 3.05) is 0 Å². The lowest BCUT2D eigenvalue weighted by molar-refractivity contribution is 0.0601. The molecule has 1 aliphatic rings. The van der Waals surface area contributed by atoms with Crippen LogP contribution in [0, 0.1) is 5.92 Å². The molecule has 3 nitrogen and oxygen atoms in total. The van der Waals surface area contributed by atoms with Gasteiger partial charge in [-0.25, -0.2) is 4.98 Å². The van der Waals surface area contributed by atoms with Crippen LogP contribution in [0.25, 0.3) is 0 Å². The van der Waals surface area contributed by atoms with Crippen LogP contribution in [0.2, 0.25) is 5.28 Å². The second-order valence-electron chi connectivity index (χ2n) is 4.27. The SMILES string of the molecule is CC1C=CC(O)(c2cnc(Cl)n2C)CC1. The summed E-state index contributed by atoms with van der Waals surface area (Å²) in [7, 11) is 1.81. The molecule has 0 bridgehead atoms. The topological polar surface area (TPSA) is 38.1 Å². The first-order chi connectivity index (χ1) is 7.03. The minimum absolute atomic E-state index is 0.408. The summed E-state index contributed by atoms with van der Waals surface area (Å²) in [5, 5.41) is 10.9. The number of rotatable bonds is 1. The Labute approximate surface area is 94.4 Å². The predicted molar refractivity (Wildman–Crippen MR) is 59.7 cm³/mol. The molecule has 0 saturated heterocycles. The minimum atomic E-state index is -0.901. The van der Waals surface area contributed by atoms with Gasteiger partial charge in [0.05, 0.1) is 11.9 Å². The van der Waals surface area contributed by atoms with Crippen molar-refractivity contribution < 1.29 is 5.11 Å². The van der Waals surface area contributed by atoms with E-state index in [4.69, 9.17) is 11.6 Å². The van der Waals surface area contributed by atoms with E-state index >= 15 is 0 Å². The average Bonchev–Trinajstić information content (AvgIpc) is 2.54. The summed E-state index contributed by atoms with van der Waals surface area (Å²) >= 11 is 5.86. The Bertz CT molecular complexity index is 399. The normalized spacial score (nSPS) is 30.8. The van der Waals surface area contributed by atoms with Crippen molar-refractivity contribution in [1.82, 2.24) is 9.55 Å². The molecule has 1 heterocycles. The zero-order valence-corrected chi connectivity index (χ0v) is 9.70. The summed E-state index contributed by atoms with van der Waals surface area (Å²) in [6, 6.07) is 0. The van der Waals surface area contributed by atoms with Crippen LogP contribution >= 0.6 is 11.6 Å². The average molecular weight is 227 g/mol. The van der Waals surface area contributed by atoms with E-state index in [1.165, 1.54) is 0 Å². The summed E-state index contributed by atoms with van der Waals surface area (Å²) in [5.41, 5.74) is -0.142. The lowest BCUT2D eigenvalue weighted by atomic mass is 9.84. The number of hydrogen-bond donors (Lipinski definition) is 1. The third kappa shape index (κ3) is 1.82. The summed E-state index contributed by atoms with van der Waals surface area (Å²) in [6.07, 6.45) is 7.25. The van der Waals surface area contributed by atoms with Gasteiger partial charge >= 0.3 is 0 Å². The second kappa shape index (κ2) is 3.65. The number of hydrogen-bond acceptors (Lipinski definition) is 2. The zero-order chi connectivity index (χ0) is 11.1. The molecule has 1 N–H and O–H groups in total. The molecule has 0 aromatic carbocycles. The highest BCUT2D eigenvalue weighted by Crippen LogP contribution is 2.34. The fourth-order valence-corrected chi connectivity index (χ4v) is 2.09. The van der Waals surface area contributed by atoms with Gasteiger partial charge in [-0.3, -0.25) is 0 Å². The molecule has 0 radical (unpaired) electrons. The molecule has 2 atom stereocenters. The van der Waals surface area contributed by atoms with Gasteiger partial charge in [0, 0.05) is 7.05 Å². The quantitative estimate of drug-likeness (QED) is 0.746. The van der Waals surface area contributed by atoms with E-state index in [1.54, 1.807) is 10.8 Å². The van der Waals surface area contributed by atoms with Crippen LogP contribution in [0.4, 0.5) is 0 Å². The maximum Gasteiger partial charge on any atom is 0.202 e. The molecule has 0 spiro atoms.